The van der Waals surface area contributed by atoms with Gasteiger partial charge in [0.15, 0.2) is 0 Å². The van der Waals surface area contributed by atoms with Crippen LogP contribution < -0.4 is 0 Å². The van der Waals surface area contributed by atoms with Gasteiger partial charge in [0.05, 0.1) is 6.54 Å². The zero-order valence-electron chi connectivity index (χ0n) is 19.5. The molecule has 0 saturated carbocycles. The lowest BCUT2D eigenvalue weighted by Crippen LogP contribution is -2.42. The van der Waals surface area contributed by atoms with E-state index in [2.05, 4.69) is 6.92 Å². The number of hydrogen-bond acceptors (Lipinski definition) is 3. The van der Waals surface area contributed by atoms with Crippen molar-refractivity contribution in [1.29, 1.82) is 0 Å². The number of nitrogens with zero attached hydrogens (tertiary/aromatic N) is 2. The molecular weight excluding hydrogens is 419 g/mol. The summed E-state index contributed by atoms with van der Waals surface area (Å²) in [5, 5.41) is 0. The lowest BCUT2D eigenvalue weighted by molar-refractivity contribution is -0.133. The highest BCUT2D eigenvalue weighted by Gasteiger charge is 2.23. The molecule has 3 aromatic rings. The molecule has 0 aliphatic heterocycles. The van der Waals surface area contributed by atoms with Crippen LogP contribution in [-0.4, -0.2) is 34.7 Å². The zero-order chi connectivity index (χ0) is 23.8. The van der Waals surface area contributed by atoms with Crippen LogP contribution >= 0.6 is 0 Å². The van der Waals surface area contributed by atoms with Gasteiger partial charge in [-0.25, -0.2) is 4.39 Å². The zero-order valence-corrected chi connectivity index (χ0v) is 19.5. The van der Waals surface area contributed by atoms with Crippen LogP contribution in [-0.2, 0) is 24.3 Å². The number of rotatable bonds is 10. The predicted octanol–water partition coefficient (Wildman–Crippen LogP) is 5.37. The first-order valence-corrected chi connectivity index (χ1v) is 11.3. The van der Waals surface area contributed by atoms with Crippen LogP contribution in [0.5, 0.6) is 0 Å². The first-order valence-electron chi connectivity index (χ1n) is 11.3. The van der Waals surface area contributed by atoms with Gasteiger partial charge in [0, 0.05) is 18.7 Å². The standard InChI is InChI=1S/C27H31FN2O3/c1-4-16-29(27(32)23-11-7-21(5-2)8-12-23)19-26(31)30(18-25-15-6-20(3)33-25)17-22-9-13-24(28)14-10-22/h6-15H,4-5,16-19H2,1-3H3. The van der Waals surface area contributed by atoms with E-state index >= 15 is 0 Å². The van der Waals surface area contributed by atoms with Crippen LogP contribution in [0.3, 0.4) is 0 Å². The number of furan rings is 1. The van der Waals surface area contributed by atoms with Crippen molar-refractivity contribution in [2.75, 3.05) is 13.1 Å². The van der Waals surface area contributed by atoms with Crippen molar-refractivity contribution in [2.24, 2.45) is 0 Å². The molecule has 0 N–H and O–H groups in total. The van der Waals surface area contributed by atoms with Crippen molar-refractivity contribution in [3.8, 4) is 0 Å². The molecule has 0 saturated heterocycles. The highest BCUT2D eigenvalue weighted by atomic mass is 19.1. The normalized spacial score (nSPS) is 10.8. The number of halogens is 1. The first-order chi connectivity index (χ1) is 15.9. The average molecular weight is 451 g/mol. The Kier molecular flexibility index (Phi) is 8.41. The average Bonchev–Trinajstić information content (AvgIpc) is 3.23. The molecule has 0 atom stereocenters. The minimum Gasteiger partial charge on any atom is -0.464 e. The molecule has 0 radical (unpaired) electrons. The molecular formula is C27H31FN2O3. The molecule has 33 heavy (non-hydrogen) atoms. The summed E-state index contributed by atoms with van der Waals surface area (Å²) in [7, 11) is 0. The molecule has 0 fully saturated rings. The third-order valence-corrected chi connectivity index (χ3v) is 5.50. The number of hydrogen-bond donors (Lipinski definition) is 0. The summed E-state index contributed by atoms with van der Waals surface area (Å²) in [4.78, 5) is 29.7. The fourth-order valence-corrected chi connectivity index (χ4v) is 3.65. The third-order valence-electron chi connectivity index (χ3n) is 5.50. The van der Waals surface area contributed by atoms with Crippen LogP contribution in [0.25, 0.3) is 0 Å². The Bertz CT molecular complexity index is 1060. The van der Waals surface area contributed by atoms with Gasteiger partial charge in [0.2, 0.25) is 5.91 Å². The van der Waals surface area contributed by atoms with Gasteiger partial charge in [0.25, 0.3) is 5.91 Å². The molecule has 174 valence electrons. The van der Waals surface area contributed by atoms with Crippen molar-refractivity contribution >= 4 is 11.8 Å². The summed E-state index contributed by atoms with van der Waals surface area (Å²) in [5.74, 6) is 0.736. The van der Waals surface area contributed by atoms with Gasteiger partial charge in [-0.1, -0.05) is 38.1 Å². The first kappa shape index (κ1) is 24.2. The Morgan fingerprint density at radius 2 is 1.52 bits per heavy atom. The minimum absolute atomic E-state index is 0.0386. The van der Waals surface area contributed by atoms with Gasteiger partial charge in [-0.3, -0.25) is 9.59 Å². The summed E-state index contributed by atoms with van der Waals surface area (Å²) in [5.41, 5.74) is 2.53. The number of amides is 2. The van der Waals surface area contributed by atoms with Gasteiger partial charge >= 0.3 is 0 Å². The molecule has 0 unspecified atom stereocenters. The van der Waals surface area contributed by atoms with E-state index in [4.69, 9.17) is 4.42 Å². The smallest absolute Gasteiger partial charge is 0.254 e. The molecule has 5 nitrogen and oxygen atoms in total. The molecule has 2 aromatic carbocycles. The van der Waals surface area contributed by atoms with Gasteiger partial charge in [-0.05, 0) is 67.3 Å². The number of aryl methyl sites for hydroxylation is 2. The molecule has 1 heterocycles. The molecule has 3 rings (SSSR count). The second-order valence-corrected chi connectivity index (χ2v) is 8.17. The van der Waals surface area contributed by atoms with Crippen molar-refractivity contribution in [3.05, 3.63) is 94.7 Å². The van der Waals surface area contributed by atoms with Crippen LogP contribution in [0.15, 0.2) is 65.1 Å². The topological polar surface area (TPSA) is 53.8 Å². The summed E-state index contributed by atoms with van der Waals surface area (Å²) < 4.78 is 19.0. The number of carbonyl (C=O) groups is 2. The fraction of sp³-hybridized carbons (Fsp3) is 0.333. The van der Waals surface area contributed by atoms with E-state index in [0.29, 0.717) is 17.9 Å². The second kappa shape index (κ2) is 11.5. The molecule has 1 aromatic heterocycles. The van der Waals surface area contributed by atoms with Crippen molar-refractivity contribution < 1.29 is 18.4 Å². The Balaban J connectivity index is 1.79. The van der Waals surface area contributed by atoms with Crippen LogP contribution in [0.1, 0.15) is 53.3 Å². The maximum Gasteiger partial charge on any atom is 0.254 e. The largest absolute Gasteiger partial charge is 0.464 e. The highest BCUT2D eigenvalue weighted by Crippen LogP contribution is 2.15. The highest BCUT2D eigenvalue weighted by molar-refractivity contribution is 5.96. The minimum atomic E-state index is -0.327. The van der Waals surface area contributed by atoms with E-state index in [0.717, 1.165) is 29.7 Å². The summed E-state index contributed by atoms with van der Waals surface area (Å²) >= 11 is 0. The maximum atomic E-state index is 13.4. The molecule has 6 heteroatoms. The Labute approximate surface area is 194 Å². The van der Waals surface area contributed by atoms with Gasteiger partial charge in [0.1, 0.15) is 23.9 Å². The van der Waals surface area contributed by atoms with E-state index in [-0.39, 0.29) is 37.3 Å². The van der Waals surface area contributed by atoms with E-state index in [9.17, 15) is 14.0 Å². The lowest BCUT2D eigenvalue weighted by Gasteiger charge is -2.27. The molecule has 0 bridgehead atoms. The summed E-state index contributed by atoms with van der Waals surface area (Å²) in [6.45, 7) is 6.89. The Morgan fingerprint density at radius 1 is 0.848 bits per heavy atom. The summed E-state index contributed by atoms with van der Waals surface area (Å²) in [6, 6.07) is 17.3. The second-order valence-electron chi connectivity index (χ2n) is 8.17. The fourth-order valence-electron chi connectivity index (χ4n) is 3.65. The molecule has 0 spiro atoms. The molecule has 0 aliphatic carbocycles. The van der Waals surface area contributed by atoms with E-state index in [1.165, 1.54) is 12.1 Å². The number of benzene rings is 2. The van der Waals surface area contributed by atoms with Crippen LogP contribution in [0.2, 0.25) is 0 Å². The van der Waals surface area contributed by atoms with Crippen molar-refractivity contribution in [2.45, 2.75) is 46.7 Å². The Hall–Kier alpha value is -3.41. The molecule has 2 amide bonds. The summed E-state index contributed by atoms with van der Waals surface area (Å²) in [6.07, 6.45) is 1.64. The Morgan fingerprint density at radius 3 is 2.09 bits per heavy atom. The third kappa shape index (κ3) is 6.78. The van der Waals surface area contributed by atoms with Crippen molar-refractivity contribution in [1.82, 2.24) is 9.80 Å². The SMILES string of the molecule is CCCN(CC(=O)N(Cc1ccc(F)cc1)Cc1ccc(C)o1)C(=O)c1ccc(CC)cc1. The van der Waals surface area contributed by atoms with E-state index < -0.39 is 0 Å². The van der Waals surface area contributed by atoms with E-state index in [1.807, 2.05) is 50.2 Å². The predicted molar refractivity (Wildman–Crippen MR) is 126 cm³/mol. The van der Waals surface area contributed by atoms with Crippen LogP contribution in [0.4, 0.5) is 4.39 Å². The monoisotopic (exact) mass is 450 g/mol. The van der Waals surface area contributed by atoms with Crippen molar-refractivity contribution in [3.63, 3.8) is 0 Å². The molecule has 0 aliphatic rings. The lowest BCUT2D eigenvalue weighted by atomic mass is 10.1. The quantitative estimate of drug-likeness (QED) is 0.417. The van der Waals surface area contributed by atoms with Crippen LogP contribution in [0, 0.1) is 12.7 Å². The maximum absolute atomic E-state index is 13.4. The van der Waals surface area contributed by atoms with Gasteiger partial charge < -0.3 is 14.2 Å². The van der Waals surface area contributed by atoms with Gasteiger partial charge in [-0.2, -0.15) is 0 Å². The van der Waals surface area contributed by atoms with Gasteiger partial charge in [-0.15, -0.1) is 0 Å². The number of carbonyl (C=O) groups excluding carboxylic acids is 2. The van der Waals surface area contributed by atoms with E-state index in [1.54, 1.807) is 21.9 Å².